The van der Waals surface area contributed by atoms with Crippen LogP contribution < -0.4 is 0 Å². The van der Waals surface area contributed by atoms with Crippen molar-refractivity contribution in [2.75, 3.05) is 0 Å². The molecule has 0 bridgehead atoms. The second kappa shape index (κ2) is 10.6. The van der Waals surface area contributed by atoms with Crippen molar-refractivity contribution in [3.05, 3.63) is 228 Å². The summed E-state index contributed by atoms with van der Waals surface area (Å²) >= 11 is 3.96. The van der Waals surface area contributed by atoms with Gasteiger partial charge in [-0.15, -0.1) is 22.7 Å². The molecule has 0 N–H and O–H groups in total. The Morgan fingerprint density at radius 1 is 0.382 bits per heavy atom. The second-order valence-electron chi connectivity index (χ2n) is 16.8. The Kier molecular flexibility index (Phi) is 6.15. The monoisotopic (exact) mass is 741 g/mol. The van der Waals surface area contributed by atoms with Gasteiger partial charge in [0.2, 0.25) is 0 Å². The van der Waals surface area contributed by atoms with E-state index in [1.165, 1.54) is 92.2 Å². The van der Waals surface area contributed by atoms with Gasteiger partial charge in [-0.1, -0.05) is 161 Å². The Hall–Kier alpha value is -5.48. The number of para-hydroxylation sites is 2. The highest BCUT2D eigenvalue weighted by molar-refractivity contribution is 7.15. The first-order valence-electron chi connectivity index (χ1n) is 19.4. The third-order valence-electron chi connectivity index (χ3n) is 13.7. The topological polar surface area (TPSA) is 4.93 Å². The highest BCUT2D eigenvalue weighted by Crippen LogP contribution is 2.69. The van der Waals surface area contributed by atoms with Gasteiger partial charge in [0.1, 0.15) is 5.00 Å². The maximum absolute atomic E-state index is 2.61. The average Bonchev–Trinajstić information content (AvgIpc) is 3.97. The number of thiophene rings is 2. The van der Waals surface area contributed by atoms with Crippen LogP contribution in [0, 0.1) is 0 Å². The standard InChI is InChI=1S/C52H39NS2/c1-49(2)34-19-7-11-23-38(34)51(39-24-12-8-20-35(39)49)42-29-30-54-47(42)52(40-25-13-9-21-36(40)50(3,4)37-22-10-14-26-41(37)52)43-31-46(55-48(43)51)53-44-27-15-5-17-32(44)33-18-6-16-28-45(33)53/h5-31H,1-4H3. The Labute approximate surface area is 330 Å². The number of aromatic nitrogens is 1. The molecule has 1 nitrogen and oxygen atoms in total. The lowest BCUT2D eigenvalue weighted by Gasteiger charge is -2.55. The predicted molar refractivity (Wildman–Crippen MR) is 231 cm³/mol. The first-order chi connectivity index (χ1) is 26.8. The van der Waals surface area contributed by atoms with Gasteiger partial charge in [-0.2, -0.15) is 0 Å². The lowest BCUT2D eigenvalue weighted by Crippen LogP contribution is -2.50. The summed E-state index contributed by atoms with van der Waals surface area (Å²) in [6, 6.07) is 60.5. The van der Waals surface area contributed by atoms with Crippen molar-refractivity contribution in [2.24, 2.45) is 0 Å². The van der Waals surface area contributed by atoms with E-state index in [1.54, 1.807) is 0 Å². The van der Waals surface area contributed by atoms with Gasteiger partial charge < -0.3 is 4.57 Å². The molecule has 12 rings (SSSR count). The fraction of sp³-hybridized carbons (Fsp3) is 0.154. The van der Waals surface area contributed by atoms with Gasteiger partial charge in [-0.05, 0) is 85.3 Å². The molecule has 3 aliphatic carbocycles. The quantitative estimate of drug-likeness (QED) is 0.158. The molecule has 0 amide bonds. The summed E-state index contributed by atoms with van der Waals surface area (Å²) in [6.07, 6.45) is 0. The van der Waals surface area contributed by atoms with E-state index in [0.717, 1.165) is 0 Å². The molecule has 3 heterocycles. The van der Waals surface area contributed by atoms with Crippen molar-refractivity contribution in [3.63, 3.8) is 0 Å². The first-order valence-corrected chi connectivity index (χ1v) is 21.1. The van der Waals surface area contributed by atoms with E-state index < -0.39 is 10.8 Å². The number of hydrogen-bond donors (Lipinski definition) is 0. The Morgan fingerprint density at radius 2 is 0.764 bits per heavy atom. The van der Waals surface area contributed by atoms with E-state index in [2.05, 4.69) is 195 Å². The Bertz CT molecular complexity index is 2770. The van der Waals surface area contributed by atoms with Crippen molar-refractivity contribution in [1.29, 1.82) is 0 Å². The van der Waals surface area contributed by atoms with Crippen LogP contribution >= 0.6 is 22.7 Å². The molecule has 0 radical (unpaired) electrons. The fourth-order valence-electron chi connectivity index (χ4n) is 11.4. The van der Waals surface area contributed by atoms with Crippen molar-refractivity contribution in [2.45, 2.75) is 49.4 Å². The molecule has 0 fully saturated rings. The Morgan fingerprint density at radius 3 is 1.22 bits per heavy atom. The molecule has 2 spiro atoms. The van der Waals surface area contributed by atoms with Crippen LogP contribution in [0.4, 0.5) is 0 Å². The molecule has 0 saturated heterocycles. The predicted octanol–water partition coefficient (Wildman–Crippen LogP) is 13.3. The van der Waals surface area contributed by atoms with Crippen molar-refractivity contribution >= 4 is 44.5 Å². The molecule has 6 aromatic carbocycles. The summed E-state index contributed by atoms with van der Waals surface area (Å²) < 4.78 is 2.55. The van der Waals surface area contributed by atoms with Crippen molar-refractivity contribution in [3.8, 4) is 5.00 Å². The maximum atomic E-state index is 2.61. The molecular formula is C52H39NS2. The van der Waals surface area contributed by atoms with E-state index >= 15 is 0 Å². The molecule has 3 heteroatoms. The Balaban J connectivity index is 1.33. The summed E-state index contributed by atoms with van der Waals surface area (Å²) in [4.78, 5) is 2.86. The van der Waals surface area contributed by atoms with Crippen LogP contribution in [-0.2, 0) is 21.7 Å². The van der Waals surface area contributed by atoms with Crippen LogP contribution in [0.25, 0.3) is 26.8 Å². The smallest absolute Gasteiger partial charge is 0.101 e. The number of nitrogens with zero attached hydrogens (tertiary/aromatic N) is 1. The van der Waals surface area contributed by atoms with E-state index in [1.807, 2.05) is 22.7 Å². The number of benzene rings is 6. The van der Waals surface area contributed by atoms with Gasteiger partial charge in [-0.25, -0.2) is 0 Å². The number of hydrogen-bond acceptors (Lipinski definition) is 2. The molecule has 9 aromatic rings. The zero-order valence-corrected chi connectivity index (χ0v) is 33.0. The molecule has 0 saturated carbocycles. The molecule has 55 heavy (non-hydrogen) atoms. The molecule has 0 aliphatic heterocycles. The van der Waals surface area contributed by atoms with Gasteiger partial charge >= 0.3 is 0 Å². The maximum Gasteiger partial charge on any atom is 0.101 e. The fourth-order valence-corrected chi connectivity index (χ4v) is 14.1. The zero-order valence-electron chi connectivity index (χ0n) is 31.4. The van der Waals surface area contributed by atoms with Crippen LogP contribution in [0.5, 0.6) is 0 Å². The zero-order chi connectivity index (χ0) is 36.9. The summed E-state index contributed by atoms with van der Waals surface area (Å²) in [5, 5.41) is 6.22. The lowest BCUT2D eigenvalue weighted by atomic mass is 9.48. The van der Waals surface area contributed by atoms with E-state index in [4.69, 9.17) is 0 Å². The highest BCUT2D eigenvalue weighted by Gasteiger charge is 2.61. The minimum atomic E-state index is -0.503. The molecular weight excluding hydrogens is 703 g/mol. The van der Waals surface area contributed by atoms with Crippen molar-refractivity contribution < 1.29 is 0 Å². The highest BCUT2D eigenvalue weighted by atomic mass is 32.1. The molecule has 264 valence electrons. The summed E-state index contributed by atoms with van der Waals surface area (Å²) in [7, 11) is 0. The molecule has 3 aliphatic rings. The average molecular weight is 742 g/mol. The lowest BCUT2D eigenvalue weighted by molar-refractivity contribution is 0.522. The summed E-state index contributed by atoms with van der Waals surface area (Å²) in [6.45, 7) is 9.69. The number of rotatable bonds is 1. The third kappa shape index (κ3) is 3.61. The molecule has 3 aromatic heterocycles. The molecule has 0 atom stereocenters. The van der Waals surface area contributed by atoms with Gasteiger partial charge in [0.25, 0.3) is 0 Å². The normalized spacial score (nSPS) is 17.3. The van der Waals surface area contributed by atoms with Gasteiger partial charge in [-0.3, -0.25) is 0 Å². The summed E-state index contributed by atoms with van der Waals surface area (Å²) in [5.41, 5.74) is 15.2. The van der Waals surface area contributed by atoms with E-state index in [0.29, 0.717) is 0 Å². The summed E-state index contributed by atoms with van der Waals surface area (Å²) in [5.74, 6) is 0. The van der Waals surface area contributed by atoms with Gasteiger partial charge in [0, 0.05) is 31.4 Å². The van der Waals surface area contributed by atoms with Crippen LogP contribution in [0.15, 0.2) is 163 Å². The minimum absolute atomic E-state index is 0.162. The second-order valence-corrected chi connectivity index (χ2v) is 18.7. The minimum Gasteiger partial charge on any atom is -0.301 e. The van der Waals surface area contributed by atoms with E-state index in [-0.39, 0.29) is 10.8 Å². The third-order valence-corrected chi connectivity index (χ3v) is 16.0. The van der Waals surface area contributed by atoms with Crippen LogP contribution in [-0.4, -0.2) is 4.57 Å². The first kappa shape index (κ1) is 31.8. The van der Waals surface area contributed by atoms with Crippen LogP contribution in [0.3, 0.4) is 0 Å². The van der Waals surface area contributed by atoms with E-state index in [9.17, 15) is 0 Å². The van der Waals surface area contributed by atoms with Crippen LogP contribution in [0.2, 0.25) is 0 Å². The number of fused-ring (bicyclic) bond motifs is 17. The molecule has 0 unspecified atom stereocenters. The van der Waals surface area contributed by atoms with Crippen molar-refractivity contribution in [1.82, 2.24) is 4.57 Å². The van der Waals surface area contributed by atoms with Crippen LogP contribution in [0.1, 0.15) is 93.1 Å². The van der Waals surface area contributed by atoms with Gasteiger partial charge in [0.15, 0.2) is 0 Å². The SMILES string of the molecule is CC1(C)c2ccccc2C2(c3ccccc31)c1cc(-n3c4ccccc4c4ccccc43)sc1C1(c3ccccc3C(C)(C)c3ccccc31)c1ccsc12. The van der Waals surface area contributed by atoms with Gasteiger partial charge in [0.05, 0.1) is 21.9 Å². The largest absolute Gasteiger partial charge is 0.301 e.